The molecule has 0 amide bonds. The Labute approximate surface area is 209 Å². The van der Waals surface area contributed by atoms with Crippen LogP contribution in [-0.2, 0) is 0 Å². The summed E-state index contributed by atoms with van der Waals surface area (Å²) >= 11 is 13.7. The van der Waals surface area contributed by atoms with E-state index < -0.39 is 11.6 Å². The summed E-state index contributed by atoms with van der Waals surface area (Å²) in [5, 5.41) is 10.1. The monoisotopic (exact) mass is 517 g/mol. The van der Waals surface area contributed by atoms with Crippen LogP contribution in [0.5, 0.6) is 0 Å². The summed E-state index contributed by atoms with van der Waals surface area (Å²) < 4.78 is 28.7. The van der Waals surface area contributed by atoms with Crippen LogP contribution in [0.15, 0.2) is 65.8 Å². The van der Waals surface area contributed by atoms with E-state index in [1.165, 1.54) is 6.07 Å². The second-order valence-electron chi connectivity index (χ2n) is 7.82. The van der Waals surface area contributed by atoms with Crippen molar-refractivity contribution in [1.82, 2.24) is 14.8 Å². The molecular weight excluding hydrogens is 499 g/mol. The van der Waals surface area contributed by atoms with Gasteiger partial charge in [0.1, 0.15) is 0 Å². The Kier molecular flexibility index (Phi) is 7.36. The highest BCUT2D eigenvalue weighted by atomic mass is 35.5. The third kappa shape index (κ3) is 5.02. The number of hydrogen-bond acceptors (Lipinski definition) is 4. The molecule has 1 heterocycles. The lowest BCUT2D eigenvalue weighted by molar-refractivity contribution is 0.102. The largest absolute Gasteiger partial charge is 0.293 e. The number of rotatable bonds is 7. The maximum atomic E-state index is 13.6. The molecule has 3 aromatic carbocycles. The van der Waals surface area contributed by atoms with Crippen molar-refractivity contribution in [3.63, 3.8) is 0 Å². The number of Topliss-reactive ketones (excluding diaryl/α,β-unsaturated/α-hetero) is 1. The lowest BCUT2D eigenvalue weighted by Crippen LogP contribution is -2.07. The number of thioether (sulfide) groups is 1. The van der Waals surface area contributed by atoms with Crippen LogP contribution in [0.4, 0.5) is 8.78 Å². The van der Waals surface area contributed by atoms with Gasteiger partial charge >= 0.3 is 0 Å². The Bertz CT molecular complexity index is 1370. The zero-order valence-electron chi connectivity index (χ0n) is 18.2. The molecule has 0 unspecified atom stereocenters. The zero-order valence-corrected chi connectivity index (χ0v) is 20.6. The van der Waals surface area contributed by atoms with Gasteiger partial charge in [-0.15, -0.1) is 10.2 Å². The van der Waals surface area contributed by atoms with Gasteiger partial charge in [0, 0.05) is 16.1 Å². The van der Waals surface area contributed by atoms with E-state index in [9.17, 15) is 13.6 Å². The number of hydrogen-bond donors (Lipinski definition) is 0. The molecule has 0 aliphatic rings. The Morgan fingerprint density at radius 1 is 1.00 bits per heavy atom. The fourth-order valence-electron chi connectivity index (χ4n) is 3.49. The van der Waals surface area contributed by atoms with Crippen LogP contribution < -0.4 is 0 Å². The standard InChI is InChI=1S/C25H19Cl2F2N3OS/c1-14(2)17-5-3-4-6-22(17)32-24(18-9-8-16(26)12-19(18)27)30-31-25(32)34-13-23(33)15-7-10-20(28)21(29)11-15/h3-12,14H,13H2,1-2H3. The van der Waals surface area contributed by atoms with Gasteiger partial charge < -0.3 is 0 Å². The summed E-state index contributed by atoms with van der Waals surface area (Å²) in [6.45, 7) is 4.16. The fraction of sp³-hybridized carbons (Fsp3) is 0.160. The van der Waals surface area contributed by atoms with Gasteiger partial charge in [0.2, 0.25) is 0 Å². The van der Waals surface area contributed by atoms with Crippen molar-refractivity contribution in [1.29, 1.82) is 0 Å². The van der Waals surface area contributed by atoms with Crippen molar-refractivity contribution >= 4 is 40.7 Å². The maximum Gasteiger partial charge on any atom is 0.196 e. The topological polar surface area (TPSA) is 47.8 Å². The molecule has 0 aliphatic carbocycles. The molecule has 0 atom stereocenters. The van der Waals surface area contributed by atoms with Crippen LogP contribution in [0.3, 0.4) is 0 Å². The molecule has 0 N–H and O–H groups in total. The first-order valence-electron chi connectivity index (χ1n) is 10.4. The first-order valence-corrected chi connectivity index (χ1v) is 12.1. The molecule has 9 heteroatoms. The molecule has 0 saturated heterocycles. The number of para-hydroxylation sites is 1. The van der Waals surface area contributed by atoms with Crippen LogP contribution in [-0.4, -0.2) is 26.3 Å². The van der Waals surface area contributed by atoms with E-state index in [1.54, 1.807) is 18.2 Å². The van der Waals surface area contributed by atoms with Gasteiger partial charge in [-0.3, -0.25) is 9.36 Å². The second-order valence-corrected chi connectivity index (χ2v) is 9.61. The van der Waals surface area contributed by atoms with Gasteiger partial charge in [0.05, 0.1) is 16.5 Å². The second kappa shape index (κ2) is 10.3. The van der Waals surface area contributed by atoms with Crippen molar-refractivity contribution < 1.29 is 13.6 Å². The summed E-state index contributed by atoms with van der Waals surface area (Å²) in [6, 6.07) is 16.1. The average Bonchev–Trinajstić information content (AvgIpc) is 3.22. The van der Waals surface area contributed by atoms with E-state index in [-0.39, 0.29) is 23.0 Å². The van der Waals surface area contributed by atoms with Crippen molar-refractivity contribution in [3.8, 4) is 17.1 Å². The molecule has 0 fully saturated rings. The number of benzene rings is 3. The van der Waals surface area contributed by atoms with Crippen molar-refractivity contribution in [3.05, 3.63) is 93.5 Å². The molecule has 0 spiro atoms. The van der Waals surface area contributed by atoms with Crippen LogP contribution in [0.2, 0.25) is 10.0 Å². The number of carbonyl (C=O) groups is 1. The van der Waals surface area contributed by atoms with E-state index in [0.29, 0.717) is 26.6 Å². The average molecular weight is 518 g/mol. The predicted molar refractivity (Wildman–Crippen MR) is 132 cm³/mol. The third-order valence-electron chi connectivity index (χ3n) is 5.18. The smallest absolute Gasteiger partial charge is 0.196 e. The van der Waals surface area contributed by atoms with Crippen molar-refractivity contribution in [2.24, 2.45) is 0 Å². The summed E-state index contributed by atoms with van der Waals surface area (Å²) in [5.74, 6) is -1.77. The SMILES string of the molecule is CC(C)c1ccccc1-n1c(SCC(=O)c2ccc(F)c(F)c2)nnc1-c1ccc(Cl)cc1Cl. The van der Waals surface area contributed by atoms with Gasteiger partial charge in [-0.1, -0.05) is 67.0 Å². The van der Waals surface area contributed by atoms with Crippen LogP contribution in [0, 0.1) is 11.6 Å². The number of halogens is 4. The van der Waals surface area contributed by atoms with Crippen molar-refractivity contribution in [2.45, 2.75) is 24.9 Å². The highest BCUT2D eigenvalue weighted by Gasteiger charge is 2.22. The molecule has 0 aliphatic heterocycles. The molecule has 4 aromatic rings. The number of ketones is 1. The molecule has 1 aromatic heterocycles. The summed E-state index contributed by atoms with van der Waals surface area (Å²) in [5.41, 5.74) is 2.63. The molecule has 174 valence electrons. The Morgan fingerprint density at radius 2 is 1.76 bits per heavy atom. The zero-order chi connectivity index (χ0) is 24.4. The minimum absolute atomic E-state index is 0.0403. The van der Waals surface area contributed by atoms with E-state index in [2.05, 4.69) is 24.0 Å². The van der Waals surface area contributed by atoms with E-state index in [0.717, 1.165) is 35.1 Å². The Balaban J connectivity index is 1.77. The normalized spacial score (nSPS) is 11.3. The van der Waals surface area contributed by atoms with Crippen LogP contribution >= 0.6 is 35.0 Å². The number of nitrogens with zero attached hydrogens (tertiary/aromatic N) is 3. The molecule has 0 saturated carbocycles. The summed E-state index contributed by atoms with van der Waals surface area (Å²) in [4.78, 5) is 12.7. The molecule has 34 heavy (non-hydrogen) atoms. The fourth-order valence-corrected chi connectivity index (χ4v) is 4.82. The molecular formula is C25H19Cl2F2N3OS. The lowest BCUT2D eigenvalue weighted by Gasteiger charge is -2.17. The minimum Gasteiger partial charge on any atom is -0.293 e. The molecule has 0 radical (unpaired) electrons. The Morgan fingerprint density at radius 3 is 2.47 bits per heavy atom. The highest BCUT2D eigenvalue weighted by molar-refractivity contribution is 7.99. The third-order valence-corrected chi connectivity index (χ3v) is 6.66. The number of aromatic nitrogens is 3. The summed E-state index contributed by atoms with van der Waals surface area (Å²) in [7, 11) is 0. The molecule has 4 rings (SSSR count). The van der Waals surface area contributed by atoms with Gasteiger partial charge in [-0.25, -0.2) is 8.78 Å². The van der Waals surface area contributed by atoms with Crippen LogP contribution in [0.1, 0.15) is 35.7 Å². The summed E-state index contributed by atoms with van der Waals surface area (Å²) in [6.07, 6.45) is 0. The highest BCUT2D eigenvalue weighted by Crippen LogP contribution is 2.35. The van der Waals surface area contributed by atoms with Gasteiger partial charge in [-0.2, -0.15) is 0 Å². The van der Waals surface area contributed by atoms with Gasteiger partial charge in [0.25, 0.3) is 0 Å². The minimum atomic E-state index is -1.07. The van der Waals surface area contributed by atoms with Gasteiger partial charge in [-0.05, 0) is 53.9 Å². The van der Waals surface area contributed by atoms with E-state index in [4.69, 9.17) is 23.2 Å². The quantitative estimate of drug-likeness (QED) is 0.187. The number of carbonyl (C=O) groups excluding carboxylic acids is 1. The van der Waals surface area contributed by atoms with Gasteiger partial charge in [0.15, 0.2) is 28.4 Å². The first kappa shape index (κ1) is 24.4. The maximum absolute atomic E-state index is 13.6. The molecule has 0 bridgehead atoms. The van der Waals surface area contributed by atoms with E-state index >= 15 is 0 Å². The predicted octanol–water partition coefficient (Wildman–Crippen LogP) is 7.62. The first-order chi connectivity index (χ1) is 16.3. The van der Waals surface area contributed by atoms with Crippen LogP contribution in [0.25, 0.3) is 17.1 Å². The van der Waals surface area contributed by atoms with Crippen molar-refractivity contribution in [2.75, 3.05) is 5.75 Å². The molecule has 4 nitrogen and oxygen atoms in total. The lowest BCUT2D eigenvalue weighted by atomic mass is 10.0. The van der Waals surface area contributed by atoms with E-state index in [1.807, 2.05) is 28.8 Å². The Hall–Kier alpha value is -2.74.